The van der Waals surface area contributed by atoms with Gasteiger partial charge in [0.25, 0.3) is 21.8 Å². The molecule has 11 nitrogen and oxygen atoms in total. The standard InChI is InChI=1S/C44H45N3O8S/c1-28(2)47(39-15-8-7-14-37(39)44(51)55-4)56(52,53)35-12-9-11-33(26-35)41(48)46-38-27-32-10-5-6-13-36(32)40(38)42(49)45-34-24-20-30(21-25-34)17-16-29-18-22-31(23-19-29)43(50)54-3/h7-9,11-12,14-15,18-26,28H,5-6,10,13,16-17,27H2,1-4H3,(H,45,49)(H,46,48). The number of sulfonamides is 1. The van der Waals surface area contributed by atoms with Crippen LogP contribution in [-0.2, 0) is 37.1 Å². The van der Waals surface area contributed by atoms with Gasteiger partial charge in [-0.2, -0.15) is 0 Å². The van der Waals surface area contributed by atoms with E-state index >= 15 is 0 Å². The van der Waals surface area contributed by atoms with Gasteiger partial charge in [-0.3, -0.25) is 13.9 Å². The molecule has 0 bridgehead atoms. The molecule has 0 aromatic heterocycles. The molecule has 2 amide bonds. The molecule has 2 N–H and O–H groups in total. The van der Waals surface area contributed by atoms with E-state index in [4.69, 9.17) is 9.47 Å². The molecule has 0 atom stereocenters. The van der Waals surface area contributed by atoms with Crippen molar-refractivity contribution in [1.82, 2.24) is 5.32 Å². The van der Waals surface area contributed by atoms with Crippen LogP contribution in [-0.4, -0.2) is 52.4 Å². The summed E-state index contributed by atoms with van der Waals surface area (Å²) < 4.78 is 39.2. The van der Waals surface area contributed by atoms with Gasteiger partial charge in [0.2, 0.25) is 0 Å². The largest absolute Gasteiger partial charge is 0.465 e. The molecule has 4 aromatic carbocycles. The Hall–Kier alpha value is -6.01. The van der Waals surface area contributed by atoms with Crippen LogP contribution in [0.15, 0.2) is 124 Å². The molecule has 0 saturated carbocycles. The molecule has 2 aliphatic carbocycles. The predicted octanol–water partition coefficient (Wildman–Crippen LogP) is 7.55. The summed E-state index contributed by atoms with van der Waals surface area (Å²) in [6.07, 6.45) is 5.45. The highest BCUT2D eigenvalue weighted by Gasteiger charge is 2.33. The summed E-state index contributed by atoms with van der Waals surface area (Å²) in [5, 5.41) is 5.98. The van der Waals surface area contributed by atoms with Gasteiger partial charge >= 0.3 is 11.9 Å². The zero-order valence-corrected chi connectivity index (χ0v) is 32.7. The molecule has 0 heterocycles. The number of allylic oxidation sites excluding steroid dienone is 1. The predicted molar refractivity (Wildman–Crippen MR) is 214 cm³/mol. The normalized spacial score (nSPS) is 13.9. The van der Waals surface area contributed by atoms with E-state index in [1.165, 1.54) is 44.6 Å². The van der Waals surface area contributed by atoms with Crippen molar-refractivity contribution < 1.29 is 37.1 Å². The Morgan fingerprint density at radius 3 is 2.02 bits per heavy atom. The number of benzene rings is 4. The van der Waals surface area contributed by atoms with E-state index in [1.54, 1.807) is 44.2 Å². The fraction of sp³-hybridized carbons (Fsp3) is 0.273. The molecular formula is C44H45N3O8S. The number of carbonyl (C=O) groups is 4. The van der Waals surface area contributed by atoms with Crippen molar-refractivity contribution in [1.29, 1.82) is 0 Å². The molecule has 4 aromatic rings. The van der Waals surface area contributed by atoms with E-state index in [-0.39, 0.29) is 33.6 Å². The van der Waals surface area contributed by atoms with Crippen LogP contribution >= 0.6 is 0 Å². The first-order valence-corrected chi connectivity index (χ1v) is 20.0. The molecule has 0 unspecified atom stereocenters. The van der Waals surface area contributed by atoms with Gasteiger partial charge < -0.3 is 20.1 Å². The number of hydrogen-bond acceptors (Lipinski definition) is 8. The lowest BCUT2D eigenvalue weighted by Gasteiger charge is -2.29. The van der Waals surface area contributed by atoms with E-state index < -0.39 is 27.9 Å². The molecular weight excluding hydrogens is 731 g/mol. The molecule has 0 spiro atoms. The number of aryl methyl sites for hydroxylation is 2. The molecule has 56 heavy (non-hydrogen) atoms. The minimum Gasteiger partial charge on any atom is -0.465 e. The summed E-state index contributed by atoms with van der Waals surface area (Å²) in [4.78, 5) is 52.0. The molecule has 0 radical (unpaired) electrons. The SMILES string of the molecule is COC(=O)c1ccc(CCc2ccc(NC(=O)C3=C(NC(=O)c4cccc(S(=O)(=O)N(c5ccccc5C(=O)OC)C(C)C)c4)CC4=C3CCCC4)cc2)cc1. The van der Waals surface area contributed by atoms with Crippen LogP contribution in [0.25, 0.3) is 0 Å². The van der Waals surface area contributed by atoms with Gasteiger partial charge in [-0.05, 0) is 124 Å². The maximum absolute atomic E-state index is 14.2. The molecule has 0 aliphatic heterocycles. The third-order valence-corrected chi connectivity index (χ3v) is 12.0. The first-order chi connectivity index (χ1) is 26.9. The van der Waals surface area contributed by atoms with Crippen molar-refractivity contribution in [3.63, 3.8) is 0 Å². The van der Waals surface area contributed by atoms with Crippen molar-refractivity contribution in [2.45, 2.75) is 69.7 Å². The zero-order valence-electron chi connectivity index (χ0n) is 31.9. The second-order valence-electron chi connectivity index (χ2n) is 14.0. The number of anilines is 2. The van der Waals surface area contributed by atoms with Crippen molar-refractivity contribution in [3.05, 3.63) is 147 Å². The number of nitrogens with one attached hydrogen (secondary N) is 2. The Labute approximate surface area is 327 Å². The van der Waals surface area contributed by atoms with Gasteiger partial charge in [-0.25, -0.2) is 18.0 Å². The summed E-state index contributed by atoms with van der Waals surface area (Å²) >= 11 is 0. The molecule has 6 rings (SSSR count). The van der Waals surface area contributed by atoms with Crippen LogP contribution in [0.4, 0.5) is 11.4 Å². The van der Waals surface area contributed by atoms with Crippen LogP contribution < -0.4 is 14.9 Å². The Morgan fingerprint density at radius 1 is 0.714 bits per heavy atom. The van der Waals surface area contributed by atoms with Crippen molar-refractivity contribution in [2.75, 3.05) is 23.8 Å². The van der Waals surface area contributed by atoms with Crippen molar-refractivity contribution >= 4 is 45.2 Å². The first kappa shape index (κ1) is 39.7. The fourth-order valence-corrected chi connectivity index (χ4v) is 8.97. The second-order valence-corrected chi connectivity index (χ2v) is 15.9. The second kappa shape index (κ2) is 17.2. The van der Waals surface area contributed by atoms with Crippen LogP contribution in [0.1, 0.15) is 88.2 Å². The maximum Gasteiger partial charge on any atom is 0.340 e. The average Bonchev–Trinajstić information content (AvgIpc) is 3.58. The van der Waals surface area contributed by atoms with Gasteiger partial charge in [0.1, 0.15) is 0 Å². The highest BCUT2D eigenvalue weighted by Crippen LogP contribution is 2.41. The smallest absolute Gasteiger partial charge is 0.340 e. The number of esters is 2. The minimum atomic E-state index is -4.26. The summed E-state index contributed by atoms with van der Waals surface area (Å²) in [7, 11) is -1.67. The van der Waals surface area contributed by atoms with Crippen molar-refractivity contribution in [2.24, 2.45) is 0 Å². The topological polar surface area (TPSA) is 148 Å². The zero-order chi connectivity index (χ0) is 40.0. The molecule has 290 valence electrons. The summed E-state index contributed by atoms with van der Waals surface area (Å²) in [5.41, 5.74) is 6.64. The van der Waals surface area contributed by atoms with Gasteiger partial charge in [0.15, 0.2) is 0 Å². The lowest BCUT2D eigenvalue weighted by Crippen LogP contribution is -2.38. The Bertz CT molecular complexity index is 2330. The molecule has 0 saturated heterocycles. The highest BCUT2D eigenvalue weighted by molar-refractivity contribution is 7.92. The summed E-state index contributed by atoms with van der Waals surface area (Å²) in [6, 6.07) is 26.4. The Kier molecular flexibility index (Phi) is 12.2. The maximum atomic E-state index is 14.2. The minimum absolute atomic E-state index is 0.0911. The number of nitrogens with zero attached hydrogens (tertiary/aromatic N) is 1. The Morgan fingerprint density at radius 2 is 1.36 bits per heavy atom. The van der Waals surface area contributed by atoms with Gasteiger partial charge in [0.05, 0.1) is 41.5 Å². The summed E-state index contributed by atoms with van der Waals surface area (Å²) in [6.45, 7) is 3.39. The Balaban J connectivity index is 1.19. The number of amides is 2. The monoisotopic (exact) mass is 775 g/mol. The third kappa shape index (κ3) is 8.60. The highest BCUT2D eigenvalue weighted by atomic mass is 32.2. The first-order valence-electron chi connectivity index (χ1n) is 18.6. The van der Waals surface area contributed by atoms with Crippen LogP contribution in [0, 0.1) is 0 Å². The van der Waals surface area contributed by atoms with E-state index in [0.29, 0.717) is 28.9 Å². The number of ether oxygens (including phenoxy) is 2. The van der Waals surface area contributed by atoms with Gasteiger partial charge in [-0.15, -0.1) is 0 Å². The molecule has 2 aliphatic rings. The van der Waals surface area contributed by atoms with E-state index in [0.717, 1.165) is 65.1 Å². The lowest BCUT2D eigenvalue weighted by atomic mass is 9.90. The number of rotatable bonds is 13. The third-order valence-electron chi connectivity index (χ3n) is 10.0. The van der Waals surface area contributed by atoms with Crippen LogP contribution in [0.2, 0.25) is 0 Å². The van der Waals surface area contributed by atoms with Gasteiger partial charge in [-0.1, -0.05) is 48.0 Å². The fourth-order valence-electron chi connectivity index (χ4n) is 7.25. The quantitative estimate of drug-likeness (QED) is 0.132. The van der Waals surface area contributed by atoms with Crippen LogP contribution in [0.3, 0.4) is 0 Å². The average molecular weight is 776 g/mol. The number of carbonyl (C=O) groups excluding carboxylic acids is 4. The van der Waals surface area contributed by atoms with E-state index in [1.807, 2.05) is 36.4 Å². The van der Waals surface area contributed by atoms with E-state index in [9.17, 15) is 27.6 Å². The number of para-hydroxylation sites is 1. The van der Waals surface area contributed by atoms with E-state index in [2.05, 4.69) is 10.6 Å². The molecule has 12 heteroatoms. The molecule has 0 fully saturated rings. The van der Waals surface area contributed by atoms with Crippen molar-refractivity contribution in [3.8, 4) is 0 Å². The lowest BCUT2D eigenvalue weighted by molar-refractivity contribution is -0.112. The van der Waals surface area contributed by atoms with Crippen LogP contribution in [0.5, 0.6) is 0 Å². The summed E-state index contributed by atoms with van der Waals surface area (Å²) in [5.74, 6) is -1.91. The number of hydrogen-bond donors (Lipinski definition) is 2. The number of methoxy groups -OCH3 is 2. The van der Waals surface area contributed by atoms with Gasteiger partial charge in [0, 0.05) is 29.4 Å².